The molecule has 0 unspecified atom stereocenters. The van der Waals surface area contributed by atoms with Crippen molar-refractivity contribution < 1.29 is 81.4 Å². The molecule has 5 N–H and O–H groups in total. The van der Waals surface area contributed by atoms with Gasteiger partial charge in [0, 0.05) is 0 Å². The third-order valence-corrected chi connectivity index (χ3v) is 7.12. The fourth-order valence-electron chi connectivity index (χ4n) is 0.284. The number of rotatable bonds is 4. The van der Waals surface area contributed by atoms with Crippen LogP contribution in [0.5, 0.6) is 0 Å². The molecule has 80 valence electrons. The fraction of sp³-hybridized carbons (Fsp3) is 0. The Morgan fingerprint density at radius 1 is 0.692 bits per heavy atom. The maximum atomic E-state index is 10.5. The molecule has 0 aliphatic rings. The first kappa shape index (κ1) is 13.9. The van der Waals surface area contributed by atoms with Crippen LogP contribution < -0.4 is 0 Å². The second-order valence-electron chi connectivity index (χ2n) is 1.61. The maximum absolute atomic E-state index is 10.5. The summed E-state index contributed by atoms with van der Waals surface area (Å²) >= 11 is -17.9. The average molecular weight is 318 g/mol. The summed E-state index contributed by atoms with van der Waals surface area (Å²) < 4.78 is 77.5. The van der Waals surface area contributed by atoms with E-state index in [0.29, 0.717) is 0 Å². The molecule has 0 radical (unpaired) electrons. The number of hydrogen-bond acceptors (Lipinski definition) is 5. The van der Waals surface area contributed by atoms with Crippen LogP contribution in [0.4, 0.5) is 0 Å². The molecular formula is H5O10V3. The van der Waals surface area contributed by atoms with Gasteiger partial charge < -0.3 is 0 Å². The van der Waals surface area contributed by atoms with Crippen molar-refractivity contribution in [3.8, 4) is 0 Å². The summed E-state index contributed by atoms with van der Waals surface area (Å²) in [5.41, 5.74) is 0. The summed E-state index contributed by atoms with van der Waals surface area (Å²) in [5.74, 6) is 0. The Kier molecular flexibility index (Phi) is 4.45. The molecule has 0 aromatic heterocycles. The van der Waals surface area contributed by atoms with Crippen molar-refractivity contribution in [1.82, 2.24) is 0 Å². The summed E-state index contributed by atoms with van der Waals surface area (Å²) in [4.78, 5) is 0. The van der Waals surface area contributed by atoms with Crippen molar-refractivity contribution in [3.05, 3.63) is 0 Å². The van der Waals surface area contributed by atoms with Crippen LogP contribution in [0.1, 0.15) is 0 Å². The Morgan fingerprint density at radius 3 is 1.08 bits per heavy atom. The molecule has 0 amide bonds. The van der Waals surface area contributed by atoms with Crippen LogP contribution in [-0.2, 0) is 61.3 Å². The minimum atomic E-state index is -6.04. The number of hydrogen-bond donors (Lipinski definition) is 5. The quantitative estimate of drug-likeness (QED) is 0.354. The fourth-order valence-corrected chi connectivity index (χ4v) is 5.61. The van der Waals surface area contributed by atoms with E-state index >= 15 is 0 Å². The Morgan fingerprint density at radius 2 is 0.923 bits per heavy atom. The Bertz CT molecular complexity index is 272. The van der Waals surface area contributed by atoms with Crippen molar-refractivity contribution in [1.29, 1.82) is 0 Å². The van der Waals surface area contributed by atoms with Gasteiger partial charge in [0.2, 0.25) is 0 Å². The molecule has 0 aromatic rings. The topological polar surface area (TPSA) is 171 Å². The molecule has 0 saturated heterocycles. The predicted octanol–water partition coefficient (Wildman–Crippen LogP) is -3.29. The average Bonchev–Trinajstić information content (AvgIpc) is 1.43. The van der Waals surface area contributed by atoms with E-state index in [0.717, 1.165) is 0 Å². The zero-order valence-electron chi connectivity index (χ0n) is 5.62. The van der Waals surface area contributed by atoms with Crippen LogP contribution in [0, 0.1) is 0 Å². The van der Waals surface area contributed by atoms with Crippen molar-refractivity contribution in [2.75, 3.05) is 0 Å². The first-order valence-electron chi connectivity index (χ1n) is 2.28. The van der Waals surface area contributed by atoms with Crippen molar-refractivity contribution in [3.63, 3.8) is 0 Å². The standard InChI is InChI=1S/5H2O.5O.3V/h5*1H2;;;;;;;;/q;;;;;;;;;;+1;2*+2/p-5. The van der Waals surface area contributed by atoms with Gasteiger partial charge in [-0.25, -0.2) is 0 Å². The van der Waals surface area contributed by atoms with E-state index in [2.05, 4.69) is 5.17 Å². The zero-order valence-corrected chi connectivity index (χ0v) is 9.81. The minimum absolute atomic E-state index is 3.20. The predicted molar refractivity (Wildman–Crippen MR) is 15.3 cm³/mol. The van der Waals surface area contributed by atoms with E-state index in [1.54, 1.807) is 0 Å². The molecule has 0 aliphatic heterocycles. The van der Waals surface area contributed by atoms with Gasteiger partial charge in [-0.05, 0) is 0 Å². The van der Waals surface area contributed by atoms with Crippen molar-refractivity contribution >= 4 is 0 Å². The van der Waals surface area contributed by atoms with Gasteiger partial charge in [-0.1, -0.05) is 0 Å². The summed E-state index contributed by atoms with van der Waals surface area (Å²) in [6.45, 7) is 0. The summed E-state index contributed by atoms with van der Waals surface area (Å²) in [6, 6.07) is 0. The van der Waals surface area contributed by atoms with Gasteiger partial charge in [0.05, 0.1) is 0 Å². The normalized spacial score (nSPS) is 14.5. The molecule has 0 aromatic carbocycles. The van der Waals surface area contributed by atoms with E-state index in [1.165, 1.54) is 0 Å². The third-order valence-electron chi connectivity index (χ3n) is 0.419. The van der Waals surface area contributed by atoms with E-state index in [4.69, 9.17) is 20.2 Å². The van der Waals surface area contributed by atoms with Crippen molar-refractivity contribution in [2.24, 2.45) is 0 Å². The molecule has 0 atom stereocenters. The SMILES string of the molecule is [O]=[V]([OH])([OH])[O][V](=[O])([OH])[O][V](=[O])([OH])[OH]. The molecule has 0 aliphatic carbocycles. The van der Waals surface area contributed by atoms with Gasteiger partial charge in [-0.15, -0.1) is 0 Å². The molecule has 13 heteroatoms. The Hall–Kier alpha value is 0.873. The van der Waals surface area contributed by atoms with Crippen LogP contribution in [0.15, 0.2) is 0 Å². The second kappa shape index (κ2) is 4.17. The van der Waals surface area contributed by atoms with E-state index in [1.807, 2.05) is 0 Å². The summed E-state index contributed by atoms with van der Waals surface area (Å²) in [7, 11) is 0. The molecular weight excluding hydrogens is 313 g/mol. The molecule has 0 spiro atoms. The Labute approximate surface area is 81.2 Å². The second-order valence-corrected chi connectivity index (χ2v) is 8.75. The first-order valence-corrected chi connectivity index (χ1v) is 9.39. The van der Waals surface area contributed by atoms with Gasteiger partial charge in [0.15, 0.2) is 0 Å². The van der Waals surface area contributed by atoms with E-state index in [-0.39, 0.29) is 0 Å². The van der Waals surface area contributed by atoms with Gasteiger partial charge in [0.1, 0.15) is 0 Å². The molecule has 0 heterocycles. The van der Waals surface area contributed by atoms with Gasteiger partial charge in [-0.3, -0.25) is 0 Å². The molecule has 0 bridgehead atoms. The van der Waals surface area contributed by atoms with Crippen LogP contribution in [0.25, 0.3) is 0 Å². The molecule has 10 nitrogen and oxygen atoms in total. The zero-order chi connectivity index (χ0) is 10.9. The van der Waals surface area contributed by atoms with Crippen LogP contribution >= 0.6 is 0 Å². The molecule has 0 fully saturated rings. The summed E-state index contributed by atoms with van der Waals surface area (Å²) in [6.07, 6.45) is 0. The monoisotopic (exact) mass is 318 g/mol. The van der Waals surface area contributed by atoms with Crippen LogP contribution in [0.3, 0.4) is 0 Å². The van der Waals surface area contributed by atoms with Crippen molar-refractivity contribution in [2.45, 2.75) is 0 Å². The van der Waals surface area contributed by atoms with Gasteiger partial charge in [-0.2, -0.15) is 0 Å². The first-order chi connectivity index (χ1) is 5.41. The summed E-state index contributed by atoms with van der Waals surface area (Å²) in [5, 5.41) is 0. The molecule has 13 heavy (non-hydrogen) atoms. The Balaban J connectivity index is 4.54. The van der Waals surface area contributed by atoms with E-state index < -0.39 is 45.1 Å². The molecule has 0 saturated carbocycles. The van der Waals surface area contributed by atoms with Gasteiger partial charge >= 0.3 is 81.4 Å². The third kappa shape index (κ3) is 9.18. The van der Waals surface area contributed by atoms with Crippen LogP contribution in [0.2, 0.25) is 0 Å². The van der Waals surface area contributed by atoms with Gasteiger partial charge in [0.25, 0.3) is 0 Å². The van der Waals surface area contributed by atoms with Crippen LogP contribution in [-0.4, -0.2) is 20.2 Å². The van der Waals surface area contributed by atoms with E-state index in [9.17, 15) is 11.0 Å². The molecule has 0 rings (SSSR count).